The number of benzene rings is 1. The summed E-state index contributed by atoms with van der Waals surface area (Å²) in [4.78, 5) is 23.1. The Morgan fingerprint density at radius 2 is 1.80 bits per heavy atom. The normalized spacial score (nSPS) is 14.5. The summed E-state index contributed by atoms with van der Waals surface area (Å²) < 4.78 is 10.7. The Morgan fingerprint density at radius 1 is 1.12 bits per heavy atom. The minimum Gasteiger partial charge on any atom is -0.493 e. The molecular formula is C19H28N2O4. The second-order valence-corrected chi connectivity index (χ2v) is 6.45. The van der Waals surface area contributed by atoms with Gasteiger partial charge in [0.2, 0.25) is 11.8 Å². The Bertz CT molecular complexity index is 599. The van der Waals surface area contributed by atoms with Crippen LogP contribution in [0.15, 0.2) is 18.2 Å². The number of methoxy groups -OCH3 is 2. The van der Waals surface area contributed by atoms with E-state index in [0.717, 1.165) is 24.8 Å². The average Bonchev–Trinajstić information content (AvgIpc) is 3.43. The Morgan fingerprint density at radius 3 is 2.40 bits per heavy atom. The molecule has 1 aromatic carbocycles. The van der Waals surface area contributed by atoms with E-state index in [9.17, 15) is 9.59 Å². The van der Waals surface area contributed by atoms with Gasteiger partial charge in [-0.25, -0.2) is 0 Å². The van der Waals surface area contributed by atoms with Gasteiger partial charge in [0.1, 0.15) is 0 Å². The van der Waals surface area contributed by atoms with Crippen molar-refractivity contribution in [1.29, 1.82) is 0 Å². The van der Waals surface area contributed by atoms with Crippen molar-refractivity contribution in [3.63, 3.8) is 0 Å². The van der Waals surface area contributed by atoms with Gasteiger partial charge in [0, 0.05) is 26.4 Å². The number of nitrogens with one attached hydrogen (secondary N) is 2. The number of carbonyl (C=O) groups is 2. The Kier molecular flexibility index (Phi) is 7.10. The van der Waals surface area contributed by atoms with E-state index < -0.39 is 0 Å². The van der Waals surface area contributed by atoms with E-state index in [4.69, 9.17) is 9.47 Å². The monoisotopic (exact) mass is 348 g/mol. The van der Waals surface area contributed by atoms with Crippen LogP contribution in [0.2, 0.25) is 0 Å². The molecule has 1 aliphatic carbocycles. The standard InChI is InChI=1S/C19H28N2O4/c1-13(22)20-9-4-10-21-19(23)12-16(14-5-6-14)15-7-8-17(24-2)18(11-15)25-3/h7-8,11,14,16H,4-6,9-10,12H2,1-3H3,(H,20,22)(H,21,23). The van der Waals surface area contributed by atoms with Crippen LogP contribution in [0.1, 0.15) is 44.1 Å². The highest BCUT2D eigenvalue weighted by Gasteiger charge is 2.34. The molecule has 6 nitrogen and oxygen atoms in total. The number of ether oxygens (including phenoxy) is 2. The van der Waals surface area contributed by atoms with Gasteiger partial charge in [0.05, 0.1) is 14.2 Å². The summed E-state index contributed by atoms with van der Waals surface area (Å²) in [6, 6.07) is 5.90. The topological polar surface area (TPSA) is 76.7 Å². The third-order valence-corrected chi connectivity index (χ3v) is 4.48. The van der Waals surface area contributed by atoms with Crippen molar-refractivity contribution in [1.82, 2.24) is 10.6 Å². The van der Waals surface area contributed by atoms with E-state index in [2.05, 4.69) is 10.6 Å². The molecule has 25 heavy (non-hydrogen) atoms. The van der Waals surface area contributed by atoms with Crippen LogP contribution < -0.4 is 20.1 Å². The molecule has 138 valence electrons. The Hall–Kier alpha value is -2.24. The fraction of sp³-hybridized carbons (Fsp3) is 0.579. The molecule has 0 heterocycles. The maximum absolute atomic E-state index is 12.3. The quantitative estimate of drug-likeness (QED) is 0.636. The largest absolute Gasteiger partial charge is 0.493 e. The fourth-order valence-corrected chi connectivity index (χ4v) is 2.99. The zero-order valence-corrected chi connectivity index (χ0v) is 15.3. The highest BCUT2D eigenvalue weighted by Crippen LogP contribution is 2.46. The predicted octanol–water partition coefficient (Wildman–Crippen LogP) is 2.23. The number of hydrogen-bond donors (Lipinski definition) is 2. The maximum atomic E-state index is 12.3. The molecule has 0 aromatic heterocycles. The lowest BCUT2D eigenvalue weighted by Gasteiger charge is -2.18. The zero-order chi connectivity index (χ0) is 18.2. The molecule has 1 fully saturated rings. The van der Waals surface area contributed by atoms with Crippen molar-refractivity contribution < 1.29 is 19.1 Å². The van der Waals surface area contributed by atoms with Crippen molar-refractivity contribution in [2.24, 2.45) is 5.92 Å². The smallest absolute Gasteiger partial charge is 0.220 e. The molecule has 0 saturated heterocycles. The third-order valence-electron chi connectivity index (χ3n) is 4.48. The lowest BCUT2D eigenvalue weighted by Crippen LogP contribution is -2.29. The molecular weight excluding hydrogens is 320 g/mol. The minimum absolute atomic E-state index is 0.0476. The molecule has 1 aliphatic rings. The van der Waals surface area contributed by atoms with Gasteiger partial charge in [-0.15, -0.1) is 0 Å². The first-order valence-electron chi connectivity index (χ1n) is 8.78. The van der Waals surface area contributed by atoms with Gasteiger partial charge in [-0.3, -0.25) is 9.59 Å². The van der Waals surface area contributed by atoms with Crippen molar-refractivity contribution >= 4 is 11.8 Å². The van der Waals surface area contributed by atoms with Crippen molar-refractivity contribution in [3.05, 3.63) is 23.8 Å². The van der Waals surface area contributed by atoms with Gasteiger partial charge in [0.15, 0.2) is 11.5 Å². The molecule has 0 bridgehead atoms. The van der Waals surface area contributed by atoms with Gasteiger partial charge >= 0.3 is 0 Å². The molecule has 1 unspecified atom stereocenters. The molecule has 2 rings (SSSR count). The molecule has 0 spiro atoms. The highest BCUT2D eigenvalue weighted by molar-refractivity contribution is 5.77. The van der Waals surface area contributed by atoms with Crippen LogP contribution in [-0.4, -0.2) is 39.1 Å². The fourth-order valence-electron chi connectivity index (χ4n) is 2.99. The Balaban J connectivity index is 1.90. The van der Waals surface area contributed by atoms with Crippen molar-refractivity contribution in [2.45, 2.75) is 38.5 Å². The molecule has 0 radical (unpaired) electrons. The van der Waals surface area contributed by atoms with Crippen LogP contribution in [0.25, 0.3) is 0 Å². The first-order chi connectivity index (χ1) is 12.0. The van der Waals surface area contributed by atoms with Gasteiger partial charge in [-0.1, -0.05) is 6.07 Å². The number of carbonyl (C=O) groups excluding carboxylic acids is 2. The lowest BCUT2D eigenvalue weighted by molar-refractivity contribution is -0.121. The summed E-state index contributed by atoms with van der Waals surface area (Å²) in [6.07, 6.45) is 3.53. The molecule has 1 aromatic rings. The molecule has 2 amide bonds. The first-order valence-corrected chi connectivity index (χ1v) is 8.78. The van der Waals surface area contributed by atoms with Crippen LogP contribution in [0, 0.1) is 5.92 Å². The van der Waals surface area contributed by atoms with Gasteiger partial charge < -0.3 is 20.1 Å². The predicted molar refractivity (Wildman–Crippen MR) is 95.9 cm³/mol. The van der Waals surface area contributed by atoms with E-state index in [-0.39, 0.29) is 17.7 Å². The maximum Gasteiger partial charge on any atom is 0.220 e. The molecule has 1 atom stereocenters. The lowest BCUT2D eigenvalue weighted by atomic mass is 9.90. The summed E-state index contributed by atoms with van der Waals surface area (Å²) in [5, 5.41) is 5.67. The van der Waals surface area contributed by atoms with E-state index >= 15 is 0 Å². The van der Waals surface area contributed by atoms with Gasteiger partial charge in [-0.05, 0) is 48.8 Å². The SMILES string of the molecule is COc1ccc(C(CC(=O)NCCCNC(C)=O)C2CC2)cc1OC. The van der Waals surface area contributed by atoms with E-state index in [1.165, 1.54) is 6.92 Å². The van der Waals surface area contributed by atoms with E-state index in [0.29, 0.717) is 36.9 Å². The van der Waals surface area contributed by atoms with Gasteiger partial charge in [0.25, 0.3) is 0 Å². The minimum atomic E-state index is -0.0476. The van der Waals surface area contributed by atoms with Crippen molar-refractivity contribution in [3.8, 4) is 11.5 Å². The molecule has 2 N–H and O–H groups in total. The number of rotatable bonds is 10. The second-order valence-electron chi connectivity index (χ2n) is 6.45. The van der Waals surface area contributed by atoms with E-state index in [1.54, 1.807) is 14.2 Å². The van der Waals surface area contributed by atoms with Crippen LogP contribution in [-0.2, 0) is 9.59 Å². The number of amides is 2. The highest BCUT2D eigenvalue weighted by atomic mass is 16.5. The Labute approximate surface area is 149 Å². The van der Waals surface area contributed by atoms with Crippen LogP contribution >= 0.6 is 0 Å². The van der Waals surface area contributed by atoms with Crippen LogP contribution in [0.3, 0.4) is 0 Å². The summed E-state index contributed by atoms with van der Waals surface area (Å²) in [5.74, 6) is 2.16. The van der Waals surface area contributed by atoms with E-state index in [1.807, 2.05) is 18.2 Å². The van der Waals surface area contributed by atoms with Gasteiger partial charge in [-0.2, -0.15) is 0 Å². The average molecular weight is 348 g/mol. The summed E-state index contributed by atoms with van der Waals surface area (Å²) in [7, 11) is 3.24. The first kappa shape index (κ1) is 19.1. The second kappa shape index (κ2) is 9.30. The molecule has 6 heteroatoms. The molecule has 0 aliphatic heterocycles. The molecule has 1 saturated carbocycles. The zero-order valence-electron chi connectivity index (χ0n) is 15.3. The van der Waals surface area contributed by atoms with Crippen LogP contribution in [0.5, 0.6) is 11.5 Å². The summed E-state index contributed by atoms with van der Waals surface area (Å²) in [6.45, 7) is 2.64. The third kappa shape index (κ3) is 5.96. The van der Waals surface area contributed by atoms with Crippen molar-refractivity contribution in [2.75, 3.05) is 27.3 Å². The summed E-state index contributed by atoms with van der Waals surface area (Å²) >= 11 is 0. The number of hydrogen-bond acceptors (Lipinski definition) is 4. The van der Waals surface area contributed by atoms with Crippen LogP contribution in [0.4, 0.5) is 0 Å². The summed E-state index contributed by atoms with van der Waals surface area (Å²) in [5.41, 5.74) is 1.12.